The van der Waals surface area contributed by atoms with Gasteiger partial charge < -0.3 is 10.5 Å². The fourth-order valence-electron chi connectivity index (χ4n) is 1.70. The summed E-state index contributed by atoms with van der Waals surface area (Å²) in [5.41, 5.74) is 6.17. The van der Waals surface area contributed by atoms with Crippen LogP contribution in [-0.4, -0.2) is 4.92 Å². The Morgan fingerprint density at radius 3 is 2.65 bits per heavy atom. The summed E-state index contributed by atoms with van der Waals surface area (Å²) >= 11 is 0. The molecule has 0 aliphatic rings. The average molecular weight is 269 g/mol. The zero-order chi connectivity index (χ0) is 14.5. The lowest BCUT2D eigenvalue weighted by molar-refractivity contribution is -0.385. The molecule has 0 saturated heterocycles. The number of rotatable bonds is 4. The van der Waals surface area contributed by atoms with Gasteiger partial charge >= 0.3 is 0 Å². The van der Waals surface area contributed by atoms with Crippen molar-refractivity contribution in [3.8, 4) is 17.6 Å². The molecule has 0 fully saturated rings. The minimum absolute atomic E-state index is 0.0394. The molecule has 100 valence electrons. The smallest absolute Gasteiger partial charge is 0.287 e. The van der Waals surface area contributed by atoms with Gasteiger partial charge in [0.25, 0.3) is 5.69 Å². The van der Waals surface area contributed by atoms with Gasteiger partial charge in [-0.15, -0.1) is 0 Å². The van der Waals surface area contributed by atoms with Gasteiger partial charge in [-0.3, -0.25) is 10.1 Å². The summed E-state index contributed by atoms with van der Waals surface area (Å²) in [4.78, 5) is 10.1. The summed E-state index contributed by atoms with van der Waals surface area (Å²) in [6, 6.07) is 13.0. The van der Waals surface area contributed by atoms with Crippen molar-refractivity contribution < 1.29 is 9.66 Å². The third kappa shape index (κ3) is 2.91. The second-order valence-corrected chi connectivity index (χ2v) is 4.00. The van der Waals surface area contributed by atoms with Gasteiger partial charge in [-0.2, -0.15) is 5.26 Å². The molecule has 0 saturated carbocycles. The van der Waals surface area contributed by atoms with E-state index in [1.807, 2.05) is 6.07 Å². The summed E-state index contributed by atoms with van der Waals surface area (Å²) in [5.74, 6) is 0.923. The number of hydrogen-bond donors (Lipinski definition) is 1. The molecule has 2 aromatic rings. The van der Waals surface area contributed by atoms with E-state index in [9.17, 15) is 10.1 Å². The Labute approximate surface area is 115 Å². The van der Waals surface area contributed by atoms with E-state index in [0.717, 1.165) is 5.56 Å². The lowest BCUT2D eigenvalue weighted by Gasteiger charge is -2.07. The molecule has 0 radical (unpaired) electrons. The Kier molecular flexibility index (Phi) is 3.93. The monoisotopic (exact) mass is 269 g/mol. The van der Waals surface area contributed by atoms with Crippen molar-refractivity contribution in [2.24, 2.45) is 5.73 Å². The number of hydrogen-bond acceptors (Lipinski definition) is 5. The van der Waals surface area contributed by atoms with Gasteiger partial charge in [-0.25, -0.2) is 0 Å². The second kappa shape index (κ2) is 5.82. The van der Waals surface area contributed by atoms with Crippen molar-refractivity contribution in [3.63, 3.8) is 0 Å². The molecule has 2 rings (SSSR count). The van der Waals surface area contributed by atoms with Crippen molar-refractivity contribution >= 4 is 5.69 Å². The van der Waals surface area contributed by atoms with E-state index in [2.05, 4.69) is 0 Å². The van der Waals surface area contributed by atoms with Crippen LogP contribution in [0.1, 0.15) is 11.1 Å². The highest BCUT2D eigenvalue weighted by atomic mass is 16.6. The summed E-state index contributed by atoms with van der Waals surface area (Å²) < 4.78 is 5.57. The molecular weight excluding hydrogens is 258 g/mol. The Morgan fingerprint density at radius 2 is 2.00 bits per heavy atom. The quantitative estimate of drug-likeness (QED) is 0.679. The third-order valence-corrected chi connectivity index (χ3v) is 2.66. The first-order valence-corrected chi connectivity index (χ1v) is 5.79. The van der Waals surface area contributed by atoms with Crippen LogP contribution in [0.15, 0.2) is 42.5 Å². The number of nitrogens with two attached hydrogens (primary N) is 1. The maximum absolute atomic E-state index is 10.7. The van der Waals surface area contributed by atoms with Crippen LogP contribution in [0, 0.1) is 21.4 Å². The van der Waals surface area contributed by atoms with E-state index in [-0.39, 0.29) is 11.3 Å². The largest absolute Gasteiger partial charge is 0.457 e. The molecule has 2 aromatic carbocycles. The summed E-state index contributed by atoms with van der Waals surface area (Å²) in [7, 11) is 0. The molecule has 0 spiro atoms. The van der Waals surface area contributed by atoms with Crippen LogP contribution in [0.3, 0.4) is 0 Å². The van der Waals surface area contributed by atoms with Crippen LogP contribution in [0.5, 0.6) is 11.5 Å². The topological polar surface area (TPSA) is 102 Å². The molecule has 6 nitrogen and oxygen atoms in total. The van der Waals surface area contributed by atoms with E-state index >= 15 is 0 Å². The molecule has 0 heterocycles. The van der Waals surface area contributed by atoms with Gasteiger partial charge in [-0.05, 0) is 23.8 Å². The van der Waals surface area contributed by atoms with Gasteiger partial charge in [0.05, 0.1) is 4.92 Å². The number of benzene rings is 2. The standard InChI is InChI=1S/C14H11N3O3/c15-8-10-2-1-3-12(6-10)20-13-4-5-14(17(18)19)11(7-13)9-16/h1-7H,8,15H2. The highest BCUT2D eigenvalue weighted by Crippen LogP contribution is 2.27. The zero-order valence-electron chi connectivity index (χ0n) is 10.4. The zero-order valence-corrected chi connectivity index (χ0v) is 10.4. The number of nitro groups is 1. The Morgan fingerprint density at radius 1 is 1.25 bits per heavy atom. The predicted octanol–water partition coefficient (Wildman–Crippen LogP) is 2.72. The number of nitriles is 1. The molecule has 0 unspecified atom stereocenters. The van der Waals surface area contributed by atoms with Crippen LogP contribution in [0.2, 0.25) is 0 Å². The van der Waals surface area contributed by atoms with E-state index < -0.39 is 4.92 Å². The fourth-order valence-corrected chi connectivity index (χ4v) is 1.70. The van der Waals surface area contributed by atoms with Crippen molar-refractivity contribution in [3.05, 3.63) is 63.7 Å². The summed E-state index contributed by atoms with van der Waals surface area (Å²) in [6.45, 7) is 0.390. The van der Waals surface area contributed by atoms with Crippen LogP contribution < -0.4 is 10.5 Å². The highest BCUT2D eigenvalue weighted by Gasteiger charge is 2.14. The Bertz CT molecular complexity index is 692. The Hall–Kier alpha value is -2.91. The minimum atomic E-state index is -0.600. The molecule has 0 aliphatic heterocycles. The highest BCUT2D eigenvalue weighted by molar-refractivity contribution is 5.52. The van der Waals surface area contributed by atoms with Crippen LogP contribution >= 0.6 is 0 Å². The molecule has 0 atom stereocenters. The average Bonchev–Trinajstić information content (AvgIpc) is 2.47. The van der Waals surface area contributed by atoms with Crippen molar-refractivity contribution in [1.29, 1.82) is 5.26 Å². The van der Waals surface area contributed by atoms with E-state index in [0.29, 0.717) is 18.0 Å². The first kappa shape index (κ1) is 13.5. The minimum Gasteiger partial charge on any atom is -0.457 e. The van der Waals surface area contributed by atoms with E-state index in [1.165, 1.54) is 18.2 Å². The van der Waals surface area contributed by atoms with Crippen molar-refractivity contribution in [1.82, 2.24) is 0 Å². The van der Waals surface area contributed by atoms with Gasteiger partial charge in [0, 0.05) is 18.7 Å². The summed E-state index contributed by atoms with van der Waals surface area (Å²) in [6.07, 6.45) is 0. The molecule has 6 heteroatoms. The first-order chi connectivity index (χ1) is 9.63. The second-order valence-electron chi connectivity index (χ2n) is 4.00. The molecule has 0 bridgehead atoms. The predicted molar refractivity (Wildman–Crippen MR) is 72.2 cm³/mol. The van der Waals surface area contributed by atoms with Gasteiger partial charge in [0.2, 0.25) is 0 Å². The lowest BCUT2D eigenvalue weighted by atomic mass is 10.2. The SMILES string of the molecule is N#Cc1cc(Oc2cccc(CN)c2)ccc1[N+](=O)[O-]. The van der Waals surface area contributed by atoms with Crippen molar-refractivity contribution in [2.75, 3.05) is 0 Å². The van der Waals surface area contributed by atoms with Crippen LogP contribution in [-0.2, 0) is 6.54 Å². The number of nitrogens with zero attached hydrogens (tertiary/aromatic N) is 2. The van der Waals surface area contributed by atoms with E-state index in [4.69, 9.17) is 15.7 Å². The van der Waals surface area contributed by atoms with Gasteiger partial charge in [-0.1, -0.05) is 12.1 Å². The number of nitro benzene ring substituents is 1. The third-order valence-electron chi connectivity index (χ3n) is 2.66. The normalized spacial score (nSPS) is 9.80. The maximum Gasteiger partial charge on any atom is 0.287 e. The maximum atomic E-state index is 10.7. The summed E-state index contributed by atoms with van der Waals surface area (Å²) in [5, 5.41) is 19.6. The Balaban J connectivity index is 2.30. The van der Waals surface area contributed by atoms with Crippen LogP contribution in [0.4, 0.5) is 5.69 Å². The molecule has 2 N–H and O–H groups in total. The lowest BCUT2D eigenvalue weighted by Crippen LogP contribution is -1.96. The van der Waals surface area contributed by atoms with Crippen LogP contribution in [0.25, 0.3) is 0 Å². The molecule has 0 aliphatic carbocycles. The first-order valence-electron chi connectivity index (χ1n) is 5.79. The number of ether oxygens (including phenoxy) is 1. The molecular formula is C14H11N3O3. The fraction of sp³-hybridized carbons (Fsp3) is 0.0714. The molecule has 0 aromatic heterocycles. The molecule has 20 heavy (non-hydrogen) atoms. The van der Waals surface area contributed by atoms with Gasteiger partial charge in [0.1, 0.15) is 23.1 Å². The van der Waals surface area contributed by atoms with Crippen molar-refractivity contribution in [2.45, 2.75) is 6.54 Å². The van der Waals surface area contributed by atoms with Gasteiger partial charge in [0.15, 0.2) is 0 Å². The van der Waals surface area contributed by atoms with E-state index in [1.54, 1.807) is 24.3 Å². The molecule has 0 amide bonds.